The summed E-state index contributed by atoms with van der Waals surface area (Å²) in [5.74, 6) is -0.0849. The predicted octanol–water partition coefficient (Wildman–Crippen LogP) is 4.56. The molecule has 1 aliphatic rings. The van der Waals surface area contributed by atoms with Crippen LogP contribution in [0.5, 0.6) is 0 Å². The van der Waals surface area contributed by atoms with Gasteiger partial charge in [0.25, 0.3) is 11.8 Å². The normalized spacial score (nSPS) is 17.1. The van der Waals surface area contributed by atoms with Crippen LogP contribution in [-0.2, 0) is 0 Å². The van der Waals surface area contributed by atoms with Gasteiger partial charge in [-0.25, -0.2) is 4.39 Å². The highest BCUT2D eigenvalue weighted by atomic mass is 19.1. The molecule has 2 heterocycles. The molecule has 0 saturated carbocycles. The molecule has 1 atom stereocenters. The van der Waals surface area contributed by atoms with Crippen molar-refractivity contribution in [1.29, 1.82) is 0 Å². The number of aromatic nitrogens is 2. The minimum Gasteiger partial charge on any atom is -0.336 e. The zero-order valence-electron chi connectivity index (χ0n) is 15.1. The second-order valence-corrected chi connectivity index (χ2v) is 6.79. The van der Waals surface area contributed by atoms with E-state index in [1.165, 1.54) is 6.07 Å². The number of carbonyl (C=O) groups excluding carboxylic acids is 1. The second kappa shape index (κ2) is 7.31. The van der Waals surface area contributed by atoms with Gasteiger partial charge in [-0.2, -0.15) is 4.98 Å². The number of likely N-dealkylation sites (tertiary alicyclic amines) is 1. The van der Waals surface area contributed by atoms with Crippen molar-refractivity contribution >= 4 is 5.91 Å². The molecule has 1 amide bonds. The van der Waals surface area contributed by atoms with Crippen LogP contribution in [0.2, 0.25) is 0 Å². The smallest absolute Gasteiger partial charge is 0.259 e. The molecule has 1 unspecified atom stereocenters. The third-order valence-corrected chi connectivity index (χ3v) is 4.99. The van der Waals surface area contributed by atoms with E-state index >= 15 is 0 Å². The maximum atomic E-state index is 14.0. The Labute approximate surface area is 156 Å². The fourth-order valence-electron chi connectivity index (χ4n) is 3.50. The van der Waals surface area contributed by atoms with E-state index in [0.717, 1.165) is 25.8 Å². The van der Waals surface area contributed by atoms with E-state index in [1.54, 1.807) is 30.3 Å². The summed E-state index contributed by atoms with van der Waals surface area (Å²) in [5, 5.41) is 3.90. The highest BCUT2D eigenvalue weighted by Crippen LogP contribution is 2.28. The van der Waals surface area contributed by atoms with Crippen molar-refractivity contribution in [2.45, 2.75) is 32.2 Å². The van der Waals surface area contributed by atoms with Crippen molar-refractivity contribution in [3.63, 3.8) is 0 Å². The van der Waals surface area contributed by atoms with Crippen LogP contribution in [0.25, 0.3) is 22.8 Å². The van der Waals surface area contributed by atoms with Crippen LogP contribution in [0.4, 0.5) is 4.39 Å². The Hall–Kier alpha value is -3.02. The van der Waals surface area contributed by atoms with Gasteiger partial charge in [0.2, 0.25) is 5.82 Å². The third kappa shape index (κ3) is 3.35. The lowest BCUT2D eigenvalue weighted by molar-refractivity contribution is 0.0636. The Kier molecular flexibility index (Phi) is 4.71. The van der Waals surface area contributed by atoms with E-state index in [0.29, 0.717) is 11.1 Å². The quantitative estimate of drug-likeness (QED) is 0.683. The number of nitrogens with zero attached hydrogens (tertiary/aromatic N) is 3. The fraction of sp³-hybridized carbons (Fsp3) is 0.286. The molecule has 0 spiro atoms. The van der Waals surface area contributed by atoms with Gasteiger partial charge < -0.3 is 9.42 Å². The Morgan fingerprint density at radius 1 is 1.11 bits per heavy atom. The van der Waals surface area contributed by atoms with Gasteiger partial charge in [-0.05, 0) is 50.5 Å². The maximum Gasteiger partial charge on any atom is 0.259 e. The zero-order chi connectivity index (χ0) is 18.8. The van der Waals surface area contributed by atoms with Crippen LogP contribution in [0.1, 0.15) is 36.5 Å². The molecule has 27 heavy (non-hydrogen) atoms. The molecule has 1 saturated heterocycles. The first-order valence-corrected chi connectivity index (χ1v) is 9.14. The van der Waals surface area contributed by atoms with Crippen LogP contribution in [0.3, 0.4) is 0 Å². The standard InChI is InChI=1S/C21H20FN3O2/c1-14-8-6-7-13-25(14)21(26)16-10-3-2-9-15(16)20-23-19(24-27-20)17-11-4-5-12-18(17)22/h2-5,9-12,14H,6-8,13H2,1H3. The van der Waals surface area contributed by atoms with E-state index in [1.807, 2.05) is 17.0 Å². The Morgan fingerprint density at radius 3 is 2.63 bits per heavy atom. The first-order valence-electron chi connectivity index (χ1n) is 9.14. The molecule has 0 N–H and O–H groups in total. The minimum absolute atomic E-state index is 0.0385. The number of hydrogen-bond acceptors (Lipinski definition) is 4. The van der Waals surface area contributed by atoms with E-state index in [-0.39, 0.29) is 29.2 Å². The van der Waals surface area contributed by atoms with Gasteiger partial charge in [0, 0.05) is 12.6 Å². The van der Waals surface area contributed by atoms with E-state index in [2.05, 4.69) is 17.1 Å². The molecular weight excluding hydrogens is 345 g/mol. The molecule has 0 radical (unpaired) electrons. The highest BCUT2D eigenvalue weighted by Gasteiger charge is 2.27. The van der Waals surface area contributed by atoms with Gasteiger partial charge in [0.1, 0.15) is 5.82 Å². The van der Waals surface area contributed by atoms with Crippen LogP contribution < -0.4 is 0 Å². The monoisotopic (exact) mass is 365 g/mol. The average molecular weight is 365 g/mol. The van der Waals surface area contributed by atoms with E-state index in [9.17, 15) is 9.18 Å². The number of halogens is 1. The summed E-state index contributed by atoms with van der Waals surface area (Å²) in [6.07, 6.45) is 3.16. The molecular formula is C21H20FN3O2. The third-order valence-electron chi connectivity index (χ3n) is 4.99. The van der Waals surface area contributed by atoms with Crippen molar-refractivity contribution in [2.24, 2.45) is 0 Å². The molecule has 138 valence electrons. The molecule has 0 aliphatic carbocycles. The van der Waals surface area contributed by atoms with Crippen molar-refractivity contribution in [3.8, 4) is 22.8 Å². The summed E-state index contributed by atoms with van der Waals surface area (Å²) in [6, 6.07) is 13.6. The molecule has 1 aliphatic heterocycles. The molecule has 4 rings (SSSR count). The van der Waals surface area contributed by atoms with E-state index < -0.39 is 5.82 Å². The van der Waals surface area contributed by atoms with Gasteiger partial charge >= 0.3 is 0 Å². The second-order valence-electron chi connectivity index (χ2n) is 6.79. The summed E-state index contributed by atoms with van der Waals surface area (Å²) >= 11 is 0. The molecule has 0 bridgehead atoms. The lowest BCUT2D eigenvalue weighted by atomic mass is 10.00. The van der Waals surface area contributed by atoms with Crippen LogP contribution >= 0.6 is 0 Å². The molecule has 6 heteroatoms. The summed E-state index contributed by atoms with van der Waals surface area (Å²) in [5.41, 5.74) is 1.35. The van der Waals surface area contributed by atoms with Crippen LogP contribution in [-0.4, -0.2) is 33.5 Å². The number of piperidine rings is 1. The fourth-order valence-corrected chi connectivity index (χ4v) is 3.50. The Balaban J connectivity index is 1.70. The summed E-state index contributed by atoms with van der Waals surface area (Å²) in [7, 11) is 0. The van der Waals surface area contributed by atoms with Crippen molar-refractivity contribution in [1.82, 2.24) is 15.0 Å². The summed E-state index contributed by atoms with van der Waals surface area (Å²) in [6.45, 7) is 2.82. The molecule has 5 nitrogen and oxygen atoms in total. The lowest BCUT2D eigenvalue weighted by Crippen LogP contribution is -2.42. The molecule has 1 aromatic heterocycles. The SMILES string of the molecule is CC1CCCCN1C(=O)c1ccccc1-c1nc(-c2ccccc2F)no1. The minimum atomic E-state index is -0.420. The zero-order valence-corrected chi connectivity index (χ0v) is 15.1. The molecule has 1 fully saturated rings. The van der Waals surface area contributed by atoms with Gasteiger partial charge in [-0.3, -0.25) is 4.79 Å². The predicted molar refractivity (Wildman–Crippen MR) is 99.5 cm³/mol. The lowest BCUT2D eigenvalue weighted by Gasteiger charge is -2.33. The van der Waals surface area contributed by atoms with Crippen molar-refractivity contribution in [2.75, 3.05) is 6.54 Å². The van der Waals surface area contributed by atoms with Crippen LogP contribution in [0, 0.1) is 5.82 Å². The number of carbonyl (C=O) groups is 1. The number of amides is 1. The van der Waals surface area contributed by atoms with E-state index in [4.69, 9.17) is 4.52 Å². The largest absolute Gasteiger partial charge is 0.336 e. The van der Waals surface area contributed by atoms with Gasteiger partial charge in [0.15, 0.2) is 0 Å². The maximum absolute atomic E-state index is 14.0. The Bertz CT molecular complexity index is 969. The number of rotatable bonds is 3. The molecule has 2 aromatic carbocycles. The highest BCUT2D eigenvalue weighted by molar-refractivity contribution is 6.00. The van der Waals surface area contributed by atoms with Crippen molar-refractivity contribution < 1.29 is 13.7 Å². The summed E-state index contributed by atoms with van der Waals surface area (Å²) in [4.78, 5) is 19.3. The topological polar surface area (TPSA) is 59.2 Å². The first kappa shape index (κ1) is 17.4. The van der Waals surface area contributed by atoms with Gasteiger partial charge in [-0.15, -0.1) is 0 Å². The number of hydrogen-bond donors (Lipinski definition) is 0. The Morgan fingerprint density at radius 2 is 1.85 bits per heavy atom. The van der Waals surface area contributed by atoms with Crippen LogP contribution in [0.15, 0.2) is 53.1 Å². The average Bonchev–Trinajstić information content (AvgIpc) is 3.18. The summed E-state index contributed by atoms with van der Waals surface area (Å²) < 4.78 is 19.4. The first-order chi connectivity index (χ1) is 13.1. The van der Waals surface area contributed by atoms with Crippen molar-refractivity contribution in [3.05, 3.63) is 59.9 Å². The van der Waals surface area contributed by atoms with Gasteiger partial charge in [-0.1, -0.05) is 29.4 Å². The number of benzene rings is 2. The molecule has 3 aromatic rings. The van der Waals surface area contributed by atoms with Gasteiger partial charge in [0.05, 0.1) is 16.7 Å².